The van der Waals surface area contributed by atoms with Crippen LogP contribution in [0.25, 0.3) is 0 Å². The number of rotatable bonds is 4. The zero-order valence-corrected chi connectivity index (χ0v) is 10.1. The van der Waals surface area contributed by atoms with Crippen LogP contribution in [0.3, 0.4) is 0 Å². The van der Waals surface area contributed by atoms with Crippen molar-refractivity contribution in [2.24, 2.45) is 0 Å². The number of amides is 1. The zero-order valence-electron chi connectivity index (χ0n) is 10.1. The summed E-state index contributed by atoms with van der Waals surface area (Å²) in [5, 5.41) is 2.71. The van der Waals surface area contributed by atoms with Crippen LogP contribution in [0.15, 0.2) is 48.7 Å². The number of benzene rings is 1. The maximum Gasteiger partial charge on any atom is 0.263 e. The van der Waals surface area contributed by atoms with E-state index in [2.05, 4.69) is 10.3 Å². The van der Waals surface area contributed by atoms with Crippen molar-refractivity contribution in [2.45, 2.75) is 6.92 Å². The van der Waals surface area contributed by atoms with Crippen LogP contribution in [-0.2, 0) is 4.79 Å². The highest BCUT2D eigenvalue weighted by atomic mass is 16.5. The molecule has 2 aromatic rings. The Morgan fingerprint density at radius 1 is 1.22 bits per heavy atom. The fraction of sp³-hybridized carbons (Fsp3) is 0.143. The second kappa shape index (κ2) is 5.82. The summed E-state index contributed by atoms with van der Waals surface area (Å²) in [5.41, 5.74) is 0.922. The molecule has 0 bridgehead atoms. The minimum absolute atomic E-state index is 0.0278. The number of ether oxygens (including phenoxy) is 1. The fourth-order valence-electron chi connectivity index (χ4n) is 1.45. The third-order valence-electron chi connectivity index (χ3n) is 2.38. The van der Waals surface area contributed by atoms with Crippen molar-refractivity contribution >= 4 is 11.7 Å². The highest BCUT2D eigenvalue weighted by molar-refractivity contribution is 5.91. The number of aryl methyl sites for hydroxylation is 1. The lowest BCUT2D eigenvalue weighted by Crippen LogP contribution is -2.21. The van der Waals surface area contributed by atoms with Crippen LogP contribution in [0.4, 0.5) is 5.82 Å². The topological polar surface area (TPSA) is 51.2 Å². The number of para-hydroxylation sites is 1. The second-order valence-corrected chi connectivity index (χ2v) is 3.82. The smallest absolute Gasteiger partial charge is 0.263 e. The summed E-state index contributed by atoms with van der Waals surface area (Å²) in [7, 11) is 0. The Kier molecular flexibility index (Phi) is 3.91. The van der Waals surface area contributed by atoms with E-state index >= 15 is 0 Å². The highest BCUT2D eigenvalue weighted by Gasteiger charge is 2.05. The van der Waals surface area contributed by atoms with Crippen LogP contribution < -0.4 is 10.1 Å². The molecule has 4 heteroatoms. The molecular formula is C14H14N2O2. The number of nitrogens with one attached hydrogen (secondary N) is 1. The molecule has 0 aliphatic heterocycles. The lowest BCUT2D eigenvalue weighted by Gasteiger charge is -2.08. The molecule has 0 unspecified atom stereocenters. The van der Waals surface area contributed by atoms with Crippen LogP contribution in [0.1, 0.15) is 5.56 Å². The number of pyridine rings is 1. The number of carbonyl (C=O) groups excluding carboxylic acids is 1. The molecule has 0 aliphatic carbocycles. The first-order valence-corrected chi connectivity index (χ1v) is 5.65. The summed E-state index contributed by atoms with van der Waals surface area (Å²) in [4.78, 5) is 15.7. The molecular weight excluding hydrogens is 228 g/mol. The lowest BCUT2D eigenvalue weighted by atomic mass is 10.3. The highest BCUT2D eigenvalue weighted by Crippen LogP contribution is 2.10. The number of anilines is 1. The van der Waals surface area contributed by atoms with E-state index in [1.54, 1.807) is 18.3 Å². The number of carbonyl (C=O) groups is 1. The summed E-state index contributed by atoms with van der Waals surface area (Å²) in [6.07, 6.45) is 1.64. The summed E-state index contributed by atoms with van der Waals surface area (Å²) >= 11 is 0. The number of hydrogen-bond donors (Lipinski definition) is 1. The summed E-state index contributed by atoms with van der Waals surface area (Å²) in [6, 6.07) is 12.9. The normalized spacial score (nSPS) is 9.83. The van der Waals surface area contributed by atoms with E-state index in [1.807, 2.05) is 37.3 Å². The molecule has 1 N–H and O–H groups in total. The predicted molar refractivity (Wildman–Crippen MR) is 69.5 cm³/mol. The Hall–Kier alpha value is -2.36. The van der Waals surface area contributed by atoms with Gasteiger partial charge in [0.05, 0.1) is 0 Å². The zero-order chi connectivity index (χ0) is 12.8. The van der Waals surface area contributed by atoms with E-state index in [9.17, 15) is 4.79 Å². The lowest BCUT2D eigenvalue weighted by molar-refractivity contribution is -0.118. The van der Waals surface area contributed by atoms with Crippen molar-refractivity contribution in [3.05, 3.63) is 54.2 Å². The van der Waals surface area contributed by atoms with Crippen LogP contribution in [0.2, 0.25) is 0 Å². The monoisotopic (exact) mass is 242 g/mol. The Labute approximate surface area is 106 Å². The fourth-order valence-corrected chi connectivity index (χ4v) is 1.45. The van der Waals surface area contributed by atoms with E-state index < -0.39 is 0 Å². The number of nitrogens with zero attached hydrogens (tertiary/aromatic N) is 1. The maximum absolute atomic E-state index is 11.7. The van der Waals surface area contributed by atoms with Crippen molar-refractivity contribution in [3.63, 3.8) is 0 Å². The van der Waals surface area contributed by atoms with Crippen molar-refractivity contribution in [1.29, 1.82) is 0 Å². The van der Waals surface area contributed by atoms with Gasteiger partial charge in [-0.05, 0) is 30.7 Å². The Morgan fingerprint density at radius 3 is 2.72 bits per heavy atom. The van der Waals surface area contributed by atoms with Gasteiger partial charge in [-0.3, -0.25) is 4.79 Å². The van der Waals surface area contributed by atoms with Crippen LogP contribution in [0.5, 0.6) is 5.75 Å². The molecule has 1 heterocycles. The van der Waals surface area contributed by atoms with Crippen molar-refractivity contribution in [3.8, 4) is 5.75 Å². The molecule has 0 atom stereocenters. The number of hydrogen-bond acceptors (Lipinski definition) is 3. The van der Waals surface area contributed by atoms with Crippen molar-refractivity contribution in [2.75, 3.05) is 11.9 Å². The SMILES string of the molecule is Cc1cccnc1NC(=O)COc1ccccc1. The molecule has 2 rings (SSSR count). The van der Waals surface area contributed by atoms with Crippen LogP contribution in [-0.4, -0.2) is 17.5 Å². The summed E-state index contributed by atoms with van der Waals surface area (Å²) in [6.45, 7) is 1.86. The molecule has 0 saturated heterocycles. The molecule has 4 nitrogen and oxygen atoms in total. The largest absolute Gasteiger partial charge is 0.484 e. The predicted octanol–water partition coefficient (Wildman–Crippen LogP) is 2.41. The van der Waals surface area contributed by atoms with Gasteiger partial charge in [0, 0.05) is 6.20 Å². The first-order chi connectivity index (χ1) is 8.75. The maximum atomic E-state index is 11.7. The second-order valence-electron chi connectivity index (χ2n) is 3.82. The Bertz CT molecular complexity index is 526. The molecule has 0 aliphatic rings. The van der Waals surface area contributed by atoms with Crippen molar-refractivity contribution in [1.82, 2.24) is 4.98 Å². The van der Waals surface area contributed by atoms with Gasteiger partial charge in [-0.15, -0.1) is 0 Å². The van der Waals surface area contributed by atoms with E-state index in [0.29, 0.717) is 11.6 Å². The molecule has 0 spiro atoms. The van der Waals surface area contributed by atoms with Gasteiger partial charge in [0.2, 0.25) is 0 Å². The van der Waals surface area contributed by atoms with E-state index in [-0.39, 0.29) is 12.5 Å². The molecule has 0 fully saturated rings. The minimum Gasteiger partial charge on any atom is -0.484 e. The Balaban J connectivity index is 1.88. The first-order valence-electron chi connectivity index (χ1n) is 5.65. The molecule has 92 valence electrons. The summed E-state index contributed by atoms with van der Waals surface area (Å²) in [5.74, 6) is 1.02. The third-order valence-corrected chi connectivity index (χ3v) is 2.38. The average molecular weight is 242 g/mol. The van der Waals surface area contributed by atoms with Gasteiger partial charge >= 0.3 is 0 Å². The van der Waals surface area contributed by atoms with Crippen LogP contribution in [0, 0.1) is 6.92 Å². The molecule has 1 amide bonds. The van der Waals surface area contributed by atoms with Gasteiger partial charge in [0.1, 0.15) is 11.6 Å². The van der Waals surface area contributed by atoms with Gasteiger partial charge in [-0.25, -0.2) is 4.98 Å². The van der Waals surface area contributed by atoms with E-state index in [4.69, 9.17) is 4.74 Å². The Morgan fingerprint density at radius 2 is 2.00 bits per heavy atom. The minimum atomic E-state index is -0.222. The van der Waals surface area contributed by atoms with E-state index in [1.165, 1.54) is 0 Å². The van der Waals surface area contributed by atoms with Gasteiger partial charge in [0.25, 0.3) is 5.91 Å². The quantitative estimate of drug-likeness (QED) is 0.895. The number of aromatic nitrogens is 1. The molecule has 1 aromatic carbocycles. The van der Waals surface area contributed by atoms with Gasteiger partial charge in [-0.1, -0.05) is 24.3 Å². The molecule has 18 heavy (non-hydrogen) atoms. The molecule has 1 aromatic heterocycles. The van der Waals surface area contributed by atoms with E-state index in [0.717, 1.165) is 5.56 Å². The first kappa shape index (κ1) is 12.1. The molecule has 0 radical (unpaired) electrons. The van der Waals surface area contributed by atoms with Crippen molar-refractivity contribution < 1.29 is 9.53 Å². The van der Waals surface area contributed by atoms with Crippen LogP contribution >= 0.6 is 0 Å². The third kappa shape index (κ3) is 3.31. The molecule has 0 saturated carbocycles. The average Bonchev–Trinajstić information content (AvgIpc) is 2.40. The van der Waals surface area contributed by atoms with Gasteiger partial charge in [0.15, 0.2) is 6.61 Å². The van der Waals surface area contributed by atoms with Gasteiger partial charge in [-0.2, -0.15) is 0 Å². The standard InChI is InChI=1S/C14H14N2O2/c1-11-6-5-9-15-14(11)16-13(17)10-18-12-7-3-2-4-8-12/h2-9H,10H2,1H3,(H,15,16,17). The summed E-state index contributed by atoms with van der Waals surface area (Å²) < 4.78 is 5.34. The van der Waals surface area contributed by atoms with Gasteiger partial charge < -0.3 is 10.1 Å².